The SMILES string of the molecule is C=CCCOCCNS(=O)(=O)c1cccc(Br)c1. The first-order valence-corrected chi connectivity index (χ1v) is 7.78. The second kappa shape index (κ2) is 7.68. The van der Waals surface area contributed by atoms with Crippen LogP contribution in [0.2, 0.25) is 0 Å². The van der Waals surface area contributed by atoms with E-state index in [1.807, 2.05) is 0 Å². The summed E-state index contributed by atoms with van der Waals surface area (Å²) >= 11 is 3.24. The molecular weight excluding hydrogens is 318 g/mol. The van der Waals surface area contributed by atoms with Crippen LogP contribution in [0.15, 0.2) is 46.3 Å². The Morgan fingerprint density at radius 1 is 1.39 bits per heavy atom. The molecule has 0 bridgehead atoms. The molecule has 0 spiro atoms. The van der Waals surface area contributed by atoms with Crippen LogP contribution in [0.1, 0.15) is 6.42 Å². The van der Waals surface area contributed by atoms with E-state index in [2.05, 4.69) is 27.2 Å². The summed E-state index contributed by atoms with van der Waals surface area (Å²) in [5.74, 6) is 0. The van der Waals surface area contributed by atoms with Gasteiger partial charge in [0.1, 0.15) is 0 Å². The predicted octanol–water partition coefficient (Wildman–Crippen LogP) is 2.32. The molecule has 1 N–H and O–H groups in total. The van der Waals surface area contributed by atoms with Crippen molar-refractivity contribution < 1.29 is 13.2 Å². The number of halogens is 1. The van der Waals surface area contributed by atoms with Crippen molar-refractivity contribution in [2.75, 3.05) is 19.8 Å². The van der Waals surface area contributed by atoms with Crippen LogP contribution in [0.5, 0.6) is 0 Å². The van der Waals surface area contributed by atoms with E-state index in [1.54, 1.807) is 30.3 Å². The first-order valence-electron chi connectivity index (χ1n) is 5.50. The van der Waals surface area contributed by atoms with Gasteiger partial charge in [-0.3, -0.25) is 0 Å². The molecule has 0 radical (unpaired) electrons. The zero-order chi connectivity index (χ0) is 13.4. The van der Waals surface area contributed by atoms with E-state index in [-0.39, 0.29) is 11.4 Å². The monoisotopic (exact) mass is 333 g/mol. The van der Waals surface area contributed by atoms with Gasteiger partial charge in [-0.05, 0) is 24.6 Å². The van der Waals surface area contributed by atoms with E-state index in [1.165, 1.54) is 0 Å². The molecule has 0 saturated carbocycles. The Kier molecular flexibility index (Phi) is 6.56. The van der Waals surface area contributed by atoms with Gasteiger partial charge in [-0.1, -0.05) is 28.1 Å². The summed E-state index contributed by atoms with van der Waals surface area (Å²) in [4.78, 5) is 0.239. The molecule has 1 aromatic rings. The van der Waals surface area contributed by atoms with Crippen molar-refractivity contribution in [3.05, 3.63) is 41.4 Å². The van der Waals surface area contributed by atoms with Crippen LogP contribution in [-0.4, -0.2) is 28.2 Å². The molecule has 0 amide bonds. The third-order valence-electron chi connectivity index (χ3n) is 2.11. The van der Waals surface area contributed by atoms with E-state index < -0.39 is 10.0 Å². The summed E-state index contributed by atoms with van der Waals surface area (Å²) in [6.45, 7) is 4.73. The van der Waals surface area contributed by atoms with Crippen LogP contribution in [0.3, 0.4) is 0 Å². The molecule has 0 aliphatic carbocycles. The smallest absolute Gasteiger partial charge is 0.240 e. The zero-order valence-corrected chi connectivity index (χ0v) is 12.3. The maximum Gasteiger partial charge on any atom is 0.240 e. The van der Waals surface area contributed by atoms with Gasteiger partial charge in [-0.25, -0.2) is 13.1 Å². The number of hydrogen-bond donors (Lipinski definition) is 1. The second-order valence-corrected chi connectivity index (χ2v) is 6.23. The van der Waals surface area contributed by atoms with Crippen LogP contribution < -0.4 is 4.72 Å². The molecule has 18 heavy (non-hydrogen) atoms. The highest BCUT2D eigenvalue weighted by atomic mass is 79.9. The molecule has 0 fully saturated rings. The topological polar surface area (TPSA) is 55.4 Å². The fraction of sp³-hybridized carbons (Fsp3) is 0.333. The van der Waals surface area contributed by atoms with E-state index >= 15 is 0 Å². The van der Waals surface area contributed by atoms with Gasteiger partial charge in [0.05, 0.1) is 18.1 Å². The quantitative estimate of drug-likeness (QED) is 0.586. The predicted molar refractivity (Wildman–Crippen MR) is 75.0 cm³/mol. The fourth-order valence-corrected chi connectivity index (χ4v) is 2.84. The molecule has 6 heteroatoms. The van der Waals surface area contributed by atoms with Crippen molar-refractivity contribution in [3.8, 4) is 0 Å². The lowest BCUT2D eigenvalue weighted by Crippen LogP contribution is -2.27. The minimum atomic E-state index is -3.46. The van der Waals surface area contributed by atoms with Gasteiger partial charge in [0.15, 0.2) is 0 Å². The number of nitrogens with one attached hydrogen (secondary N) is 1. The van der Waals surface area contributed by atoms with Crippen molar-refractivity contribution in [1.29, 1.82) is 0 Å². The molecule has 4 nitrogen and oxygen atoms in total. The Morgan fingerprint density at radius 2 is 2.17 bits per heavy atom. The molecule has 100 valence electrons. The zero-order valence-electron chi connectivity index (χ0n) is 9.93. The van der Waals surface area contributed by atoms with Crippen LogP contribution in [0, 0.1) is 0 Å². The average molecular weight is 334 g/mol. The maximum absolute atomic E-state index is 11.9. The lowest BCUT2D eigenvalue weighted by molar-refractivity contribution is 0.144. The third-order valence-corrected chi connectivity index (χ3v) is 4.06. The molecule has 0 aliphatic rings. The van der Waals surface area contributed by atoms with Gasteiger partial charge in [0.25, 0.3) is 0 Å². The number of ether oxygens (including phenoxy) is 1. The summed E-state index contributed by atoms with van der Waals surface area (Å²) in [5, 5.41) is 0. The first-order chi connectivity index (χ1) is 8.56. The molecular formula is C12H16BrNO3S. The molecule has 0 atom stereocenters. The van der Waals surface area contributed by atoms with Gasteiger partial charge in [0, 0.05) is 11.0 Å². The lowest BCUT2D eigenvalue weighted by atomic mass is 10.4. The Balaban J connectivity index is 2.43. The molecule has 0 unspecified atom stereocenters. The van der Waals surface area contributed by atoms with Crippen LogP contribution in [-0.2, 0) is 14.8 Å². The summed E-state index contributed by atoms with van der Waals surface area (Å²) in [7, 11) is -3.46. The number of sulfonamides is 1. The molecule has 1 aromatic carbocycles. The summed E-state index contributed by atoms with van der Waals surface area (Å²) in [6, 6.07) is 6.56. The minimum absolute atomic E-state index is 0.239. The van der Waals surface area contributed by atoms with Gasteiger partial charge in [-0.15, -0.1) is 6.58 Å². The normalized spacial score (nSPS) is 11.4. The Labute approximate surface area is 116 Å². The minimum Gasteiger partial charge on any atom is -0.380 e. The van der Waals surface area contributed by atoms with Crippen LogP contribution >= 0.6 is 15.9 Å². The standard InChI is InChI=1S/C12H16BrNO3S/c1-2-3-8-17-9-7-14-18(15,16)12-6-4-5-11(13)10-12/h2,4-6,10,14H,1,3,7-9H2. The van der Waals surface area contributed by atoms with Crippen LogP contribution in [0.25, 0.3) is 0 Å². The number of hydrogen-bond acceptors (Lipinski definition) is 3. The Hall–Kier alpha value is -0.690. The highest BCUT2D eigenvalue weighted by Gasteiger charge is 2.12. The van der Waals surface area contributed by atoms with Crippen molar-refractivity contribution in [1.82, 2.24) is 4.72 Å². The highest BCUT2D eigenvalue weighted by molar-refractivity contribution is 9.10. The average Bonchev–Trinajstić information content (AvgIpc) is 2.33. The highest BCUT2D eigenvalue weighted by Crippen LogP contribution is 2.15. The molecule has 1 rings (SSSR count). The Bertz CT molecular complexity index is 488. The third kappa shape index (κ3) is 5.30. The maximum atomic E-state index is 11.9. The van der Waals surface area contributed by atoms with Crippen molar-refractivity contribution in [2.45, 2.75) is 11.3 Å². The fourth-order valence-electron chi connectivity index (χ4n) is 1.23. The molecule has 0 saturated heterocycles. The summed E-state index contributed by atoms with van der Waals surface area (Å²) < 4.78 is 32.2. The molecule has 0 aliphatic heterocycles. The van der Waals surface area contributed by atoms with E-state index in [4.69, 9.17) is 4.74 Å². The van der Waals surface area contributed by atoms with E-state index in [0.29, 0.717) is 13.2 Å². The van der Waals surface area contributed by atoms with Crippen LogP contribution in [0.4, 0.5) is 0 Å². The summed E-state index contributed by atoms with van der Waals surface area (Å²) in [6.07, 6.45) is 2.52. The molecule has 0 heterocycles. The molecule has 0 aromatic heterocycles. The van der Waals surface area contributed by atoms with Crippen molar-refractivity contribution in [2.24, 2.45) is 0 Å². The van der Waals surface area contributed by atoms with Gasteiger partial charge >= 0.3 is 0 Å². The van der Waals surface area contributed by atoms with Gasteiger partial charge < -0.3 is 4.74 Å². The number of rotatable bonds is 8. The van der Waals surface area contributed by atoms with E-state index in [0.717, 1.165) is 10.9 Å². The van der Waals surface area contributed by atoms with E-state index in [9.17, 15) is 8.42 Å². The lowest BCUT2D eigenvalue weighted by Gasteiger charge is -2.07. The van der Waals surface area contributed by atoms with Crippen molar-refractivity contribution >= 4 is 26.0 Å². The second-order valence-electron chi connectivity index (χ2n) is 3.54. The first kappa shape index (κ1) is 15.4. The van der Waals surface area contributed by atoms with Gasteiger partial charge in [-0.2, -0.15) is 0 Å². The van der Waals surface area contributed by atoms with Crippen molar-refractivity contribution in [3.63, 3.8) is 0 Å². The Morgan fingerprint density at radius 3 is 2.83 bits per heavy atom. The summed E-state index contributed by atoms with van der Waals surface area (Å²) in [5.41, 5.74) is 0. The number of benzene rings is 1. The largest absolute Gasteiger partial charge is 0.380 e. The van der Waals surface area contributed by atoms with Gasteiger partial charge in [0.2, 0.25) is 10.0 Å².